The minimum absolute atomic E-state index is 0.0850. The molecule has 146 valence electrons. The summed E-state index contributed by atoms with van der Waals surface area (Å²) in [7, 11) is 3.75. The van der Waals surface area contributed by atoms with Crippen LogP contribution < -0.4 is 10.2 Å². The van der Waals surface area contributed by atoms with Gasteiger partial charge in [-0.05, 0) is 51.8 Å². The third kappa shape index (κ3) is 4.82. The Labute approximate surface area is 160 Å². The predicted molar refractivity (Wildman–Crippen MR) is 105 cm³/mol. The van der Waals surface area contributed by atoms with Crippen LogP contribution in [0.25, 0.3) is 5.82 Å². The maximum absolute atomic E-state index is 11.5. The lowest BCUT2D eigenvalue weighted by Gasteiger charge is -2.33. The molecule has 0 aliphatic carbocycles. The number of likely N-dealkylation sites (tertiary alicyclic amines) is 1. The molecule has 0 unspecified atom stereocenters. The van der Waals surface area contributed by atoms with Gasteiger partial charge in [0.1, 0.15) is 5.82 Å². The quantitative estimate of drug-likeness (QED) is 0.821. The van der Waals surface area contributed by atoms with E-state index in [-0.39, 0.29) is 5.91 Å². The molecule has 2 aromatic rings. The maximum atomic E-state index is 11.5. The van der Waals surface area contributed by atoms with Gasteiger partial charge in [-0.3, -0.25) is 14.7 Å². The number of hydrogen-bond donors (Lipinski definition) is 1. The van der Waals surface area contributed by atoms with Crippen molar-refractivity contribution < 1.29 is 4.79 Å². The summed E-state index contributed by atoms with van der Waals surface area (Å²) in [5.41, 5.74) is 2.02. The first-order chi connectivity index (χ1) is 13.0. The number of likely N-dealkylation sites (N-methyl/N-ethyl adjacent to an activating group) is 1. The Balaban J connectivity index is 1.59. The average Bonchev–Trinajstić information content (AvgIpc) is 3.01. The highest BCUT2D eigenvalue weighted by Gasteiger charge is 2.22. The summed E-state index contributed by atoms with van der Waals surface area (Å²) in [6.45, 7) is 7.35. The summed E-state index contributed by atoms with van der Waals surface area (Å²) in [6, 6.07) is 2.03. The average molecular weight is 371 g/mol. The summed E-state index contributed by atoms with van der Waals surface area (Å²) in [5, 5.41) is 7.18. The van der Waals surface area contributed by atoms with Crippen LogP contribution in [0.1, 0.15) is 24.2 Å². The lowest BCUT2D eigenvalue weighted by atomic mass is 9.96. The van der Waals surface area contributed by atoms with E-state index in [1.807, 2.05) is 24.6 Å². The summed E-state index contributed by atoms with van der Waals surface area (Å²) >= 11 is 0. The van der Waals surface area contributed by atoms with Gasteiger partial charge in [0.2, 0.25) is 5.91 Å². The zero-order chi connectivity index (χ0) is 19.4. The molecule has 0 atom stereocenters. The van der Waals surface area contributed by atoms with Crippen molar-refractivity contribution in [1.29, 1.82) is 0 Å². The van der Waals surface area contributed by atoms with Gasteiger partial charge in [0.25, 0.3) is 0 Å². The van der Waals surface area contributed by atoms with E-state index < -0.39 is 0 Å². The topological polar surface area (TPSA) is 79.2 Å². The molecule has 3 heterocycles. The van der Waals surface area contributed by atoms with Crippen LogP contribution in [0.15, 0.2) is 18.5 Å². The fraction of sp³-hybridized carbons (Fsp3) is 0.579. The van der Waals surface area contributed by atoms with E-state index in [0.717, 1.165) is 55.5 Å². The smallest absolute Gasteiger partial charge is 0.233 e. The Morgan fingerprint density at radius 1 is 1.30 bits per heavy atom. The molecule has 8 nitrogen and oxygen atoms in total. The summed E-state index contributed by atoms with van der Waals surface area (Å²) in [4.78, 5) is 25.0. The number of aromatic nitrogens is 4. The van der Waals surface area contributed by atoms with Crippen LogP contribution in [-0.4, -0.2) is 70.8 Å². The molecule has 1 N–H and O–H groups in total. The summed E-state index contributed by atoms with van der Waals surface area (Å²) < 4.78 is 1.83. The maximum Gasteiger partial charge on any atom is 0.233 e. The Hall–Kier alpha value is -2.48. The van der Waals surface area contributed by atoms with Gasteiger partial charge in [-0.15, -0.1) is 0 Å². The van der Waals surface area contributed by atoms with E-state index in [1.54, 1.807) is 19.4 Å². The van der Waals surface area contributed by atoms with E-state index >= 15 is 0 Å². The first-order valence-corrected chi connectivity index (χ1v) is 9.46. The minimum Gasteiger partial charge on any atom is -0.358 e. The second-order valence-corrected chi connectivity index (χ2v) is 7.35. The number of amides is 1. The van der Waals surface area contributed by atoms with Crippen molar-refractivity contribution in [3.63, 3.8) is 0 Å². The number of piperidine rings is 1. The van der Waals surface area contributed by atoms with Crippen molar-refractivity contribution in [2.75, 3.05) is 45.2 Å². The monoisotopic (exact) mass is 371 g/mol. The molecule has 1 amide bonds. The van der Waals surface area contributed by atoms with E-state index in [1.165, 1.54) is 0 Å². The van der Waals surface area contributed by atoms with Crippen LogP contribution in [0.4, 0.5) is 5.82 Å². The molecule has 1 fully saturated rings. The fourth-order valence-corrected chi connectivity index (χ4v) is 3.58. The second-order valence-electron chi connectivity index (χ2n) is 7.35. The molecular weight excluding hydrogens is 342 g/mol. The van der Waals surface area contributed by atoms with Crippen LogP contribution in [0.5, 0.6) is 0 Å². The Kier molecular flexibility index (Phi) is 6.05. The Bertz CT molecular complexity index is 780. The fourth-order valence-electron chi connectivity index (χ4n) is 3.58. The van der Waals surface area contributed by atoms with Crippen molar-refractivity contribution in [2.24, 2.45) is 5.92 Å². The molecule has 0 radical (unpaired) electrons. The highest BCUT2D eigenvalue weighted by atomic mass is 16.1. The van der Waals surface area contributed by atoms with Crippen LogP contribution in [0.2, 0.25) is 0 Å². The SMILES string of the molecule is CNC(=O)CN1CCC(CN(C)c2cncc(-n3nc(C)cc3C)n2)CC1. The Morgan fingerprint density at radius 3 is 2.67 bits per heavy atom. The largest absolute Gasteiger partial charge is 0.358 e. The number of nitrogens with one attached hydrogen (secondary N) is 1. The van der Waals surface area contributed by atoms with Crippen molar-refractivity contribution in [3.8, 4) is 5.82 Å². The van der Waals surface area contributed by atoms with Crippen molar-refractivity contribution in [3.05, 3.63) is 29.8 Å². The van der Waals surface area contributed by atoms with E-state index in [4.69, 9.17) is 4.98 Å². The van der Waals surface area contributed by atoms with Crippen molar-refractivity contribution in [1.82, 2.24) is 30.0 Å². The van der Waals surface area contributed by atoms with Crippen LogP contribution >= 0.6 is 0 Å². The molecule has 0 aromatic carbocycles. The highest BCUT2D eigenvalue weighted by molar-refractivity contribution is 5.77. The number of rotatable bonds is 6. The molecule has 3 rings (SSSR count). The van der Waals surface area contributed by atoms with Crippen molar-refractivity contribution >= 4 is 11.7 Å². The number of nitrogens with zero attached hydrogens (tertiary/aromatic N) is 6. The molecule has 1 aliphatic rings. The zero-order valence-corrected chi connectivity index (χ0v) is 16.6. The number of anilines is 1. The van der Waals surface area contributed by atoms with E-state index in [0.29, 0.717) is 12.5 Å². The predicted octanol–water partition coefficient (Wildman–Crippen LogP) is 1.17. The molecule has 1 aliphatic heterocycles. The molecule has 27 heavy (non-hydrogen) atoms. The van der Waals surface area contributed by atoms with Crippen LogP contribution in [0.3, 0.4) is 0 Å². The lowest BCUT2D eigenvalue weighted by molar-refractivity contribution is -0.122. The second kappa shape index (κ2) is 8.47. The molecule has 0 spiro atoms. The number of carbonyl (C=O) groups excluding carboxylic acids is 1. The van der Waals surface area contributed by atoms with Crippen LogP contribution in [-0.2, 0) is 4.79 Å². The van der Waals surface area contributed by atoms with Gasteiger partial charge >= 0.3 is 0 Å². The minimum atomic E-state index is 0.0850. The third-order valence-electron chi connectivity index (χ3n) is 5.11. The van der Waals surface area contributed by atoms with Gasteiger partial charge in [-0.1, -0.05) is 0 Å². The summed E-state index contributed by atoms with van der Waals surface area (Å²) in [5.74, 6) is 2.27. The Morgan fingerprint density at radius 2 is 2.04 bits per heavy atom. The van der Waals surface area contributed by atoms with Crippen molar-refractivity contribution in [2.45, 2.75) is 26.7 Å². The molecule has 0 bridgehead atoms. The highest BCUT2D eigenvalue weighted by Crippen LogP contribution is 2.20. The normalized spacial score (nSPS) is 15.7. The molecule has 0 saturated carbocycles. The first kappa shape index (κ1) is 19.3. The third-order valence-corrected chi connectivity index (χ3v) is 5.11. The van der Waals surface area contributed by atoms with Gasteiger partial charge in [0.15, 0.2) is 5.82 Å². The first-order valence-electron chi connectivity index (χ1n) is 9.46. The number of aryl methyl sites for hydroxylation is 2. The molecular formula is C19H29N7O. The number of hydrogen-bond acceptors (Lipinski definition) is 6. The molecule has 8 heteroatoms. The van der Waals surface area contributed by atoms with Gasteiger partial charge in [0, 0.05) is 26.3 Å². The van der Waals surface area contributed by atoms with E-state index in [9.17, 15) is 4.79 Å². The van der Waals surface area contributed by atoms with Gasteiger partial charge in [-0.25, -0.2) is 9.67 Å². The van der Waals surface area contributed by atoms with Gasteiger partial charge in [-0.2, -0.15) is 5.10 Å². The zero-order valence-electron chi connectivity index (χ0n) is 16.6. The van der Waals surface area contributed by atoms with Gasteiger partial charge in [0.05, 0.1) is 24.6 Å². The summed E-state index contributed by atoms with van der Waals surface area (Å²) in [6.07, 6.45) is 5.72. The lowest BCUT2D eigenvalue weighted by Crippen LogP contribution is -2.42. The van der Waals surface area contributed by atoms with Gasteiger partial charge < -0.3 is 10.2 Å². The number of carbonyl (C=O) groups is 1. The van der Waals surface area contributed by atoms with Crippen LogP contribution in [0, 0.1) is 19.8 Å². The standard InChI is InChI=1S/C19H29N7O/c1-14-9-15(2)26(23-14)18-11-21-10-17(22-18)24(4)12-16-5-7-25(8-6-16)13-19(27)20-3/h9-11,16H,5-8,12-13H2,1-4H3,(H,20,27). The van der Waals surface area contributed by atoms with E-state index in [2.05, 4.69) is 32.2 Å². The molecule has 1 saturated heterocycles. The molecule has 2 aromatic heterocycles.